The lowest BCUT2D eigenvalue weighted by atomic mass is 9.80. The number of carbonyl (C=O) groups excluding carboxylic acids is 2. The number of anilines is 2. The smallest absolute Gasteiger partial charge is 0.178 e. The summed E-state index contributed by atoms with van der Waals surface area (Å²) < 4.78 is 0. The number of benzene rings is 1. The normalized spacial score (nSPS) is 26.1. The van der Waals surface area contributed by atoms with Crippen molar-refractivity contribution in [2.75, 3.05) is 17.6 Å². The van der Waals surface area contributed by atoms with Gasteiger partial charge in [0.25, 0.3) is 0 Å². The number of aliphatic hydroxyl groups excluding tert-OH is 1. The second-order valence-electron chi connectivity index (χ2n) is 6.68. The highest BCUT2D eigenvalue weighted by Gasteiger charge is 2.38. The third kappa shape index (κ3) is 3.03. The Hall–Kier alpha value is -1.92. The van der Waals surface area contributed by atoms with Crippen molar-refractivity contribution in [1.29, 1.82) is 0 Å². The standard InChI is InChI=1S/C18H25N3O3/c1-2-8-20-15-9-11-12(21-15)7-6-10(17(11)19)18(24)16-13(22)4-3-5-14(16)23/h6-7,13,15-16,20-22H,2-5,8-9,19H2,1H3. The van der Waals surface area contributed by atoms with Gasteiger partial charge in [-0.1, -0.05) is 6.92 Å². The first-order valence-electron chi connectivity index (χ1n) is 8.69. The molecule has 1 aliphatic carbocycles. The first-order chi connectivity index (χ1) is 11.5. The van der Waals surface area contributed by atoms with Gasteiger partial charge in [0.15, 0.2) is 5.78 Å². The summed E-state index contributed by atoms with van der Waals surface area (Å²) in [7, 11) is 0. The fourth-order valence-corrected chi connectivity index (χ4v) is 3.63. The van der Waals surface area contributed by atoms with Crippen LogP contribution in [-0.4, -0.2) is 35.5 Å². The minimum absolute atomic E-state index is 0.106. The molecule has 3 rings (SSSR count). The zero-order chi connectivity index (χ0) is 17.3. The summed E-state index contributed by atoms with van der Waals surface area (Å²) >= 11 is 0. The molecule has 5 N–H and O–H groups in total. The molecule has 1 saturated carbocycles. The van der Waals surface area contributed by atoms with Crippen molar-refractivity contribution in [2.24, 2.45) is 5.92 Å². The van der Waals surface area contributed by atoms with Crippen LogP contribution in [-0.2, 0) is 11.2 Å². The summed E-state index contributed by atoms with van der Waals surface area (Å²) in [4.78, 5) is 24.9. The molecule has 1 aromatic carbocycles. The molecule has 0 aromatic heterocycles. The lowest BCUT2D eigenvalue weighted by Gasteiger charge is -2.25. The molecule has 0 radical (unpaired) electrons. The lowest BCUT2D eigenvalue weighted by molar-refractivity contribution is -0.126. The van der Waals surface area contributed by atoms with E-state index in [0.29, 0.717) is 36.9 Å². The van der Waals surface area contributed by atoms with Gasteiger partial charge in [-0.3, -0.25) is 14.9 Å². The SMILES string of the molecule is CCCNC1Cc2c(ccc(C(=O)C3C(=O)CCCC3O)c2N)N1. The first kappa shape index (κ1) is 16.9. The molecule has 0 saturated heterocycles. The Morgan fingerprint density at radius 3 is 2.96 bits per heavy atom. The summed E-state index contributed by atoms with van der Waals surface area (Å²) in [6, 6.07) is 3.51. The predicted octanol–water partition coefficient (Wildman–Crippen LogP) is 1.48. The van der Waals surface area contributed by atoms with Crippen LogP contribution in [0.3, 0.4) is 0 Å². The number of hydrogen-bond acceptors (Lipinski definition) is 6. The molecular formula is C18H25N3O3. The molecule has 6 heteroatoms. The van der Waals surface area contributed by atoms with E-state index in [4.69, 9.17) is 5.73 Å². The Morgan fingerprint density at radius 1 is 1.46 bits per heavy atom. The van der Waals surface area contributed by atoms with Gasteiger partial charge in [-0.2, -0.15) is 0 Å². The highest BCUT2D eigenvalue weighted by molar-refractivity contribution is 6.14. The van der Waals surface area contributed by atoms with E-state index in [1.165, 1.54) is 0 Å². The molecule has 6 nitrogen and oxygen atoms in total. The van der Waals surface area contributed by atoms with Gasteiger partial charge in [-0.05, 0) is 37.9 Å². The van der Waals surface area contributed by atoms with Crippen molar-refractivity contribution >= 4 is 22.9 Å². The van der Waals surface area contributed by atoms with E-state index in [0.717, 1.165) is 24.2 Å². The van der Waals surface area contributed by atoms with Crippen molar-refractivity contribution < 1.29 is 14.7 Å². The van der Waals surface area contributed by atoms with Gasteiger partial charge in [0.05, 0.1) is 12.3 Å². The van der Waals surface area contributed by atoms with Crippen LogP contribution in [0.4, 0.5) is 11.4 Å². The van der Waals surface area contributed by atoms with E-state index in [9.17, 15) is 14.7 Å². The average Bonchev–Trinajstić information content (AvgIpc) is 2.97. The maximum atomic E-state index is 12.8. The van der Waals surface area contributed by atoms with Crippen molar-refractivity contribution in [3.05, 3.63) is 23.3 Å². The quantitative estimate of drug-likeness (QED) is 0.370. The second-order valence-corrected chi connectivity index (χ2v) is 6.68. The monoisotopic (exact) mass is 331 g/mol. The Bertz CT molecular complexity index is 659. The largest absolute Gasteiger partial charge is 0.398 e. The fourth-order valence-electron chi connectivity index (χ4n) is 3.63. The summed E-state index contributed by atoms with van der Waals surface area (Å²) in [6.45, 7) is 3.01. The molecule has 1 fully saturated rings. The molecule has 1 aromatic rings. The molecule has 1 aliphatic heterocycles. The zero-order valence-electron chi connectivity index (χ0n) is 14.0. The highest BCUT2D eigenvalue weighted by atomic mass is 16.3. The molecule has 0 amide bonds. The van der Waals surface area contributed by atoms with E-state index in [2.05, 4.69) is 17.6 Å². The Labute approximate surface area is 141 Å². The van der Waals surface area contributed by atoms with Crippen LogP contribution in [0, 0.1) is 5.92 Å². The minimum atomic E-state index is -0.970. The Balaban J connectivity index is 1.84. The van der Waals surface area contributed by atoms with Crippen molar-refractivity contribution in [2.45, 2.75) is 51.3 Å². The lowest BCUT2D eigenvalue weighted by Crippen LogP contribution is -2.38. The molecule has 2 aliphatic rings. The maximum absolute atomic E-state index is 12.8. The van der Waals surface area contributed by atoms with E-state index >= 15 is 0 Å². The Morgan fingerprint density at radius 2 is 2.25 bits per heavy atom. The number of aliphatic hydroxyl groups is 1. The minimum Gasteiger partial charge on any atom is -0.398 e. The Kier molecular flexibility index (Phi) is 4.87. The fraction of sp³-hybridized carbons (Fsp3) is 0.556. The average molecular weight is 331 g/mol. The van der Waals surface area contributed by atoms with Crippen LogP contribution in [0.1, 0.15) is 48.5 Å². The summed E-state index contributed by atoms with van der Waals surface area (Å²) in [5, 5.41) is 16.8. The van der Waals surface area contributed by atoms with Crippen molar-refractivity contribution in [3.63, 3.8) is 0 Å². The van der Waals surface area contributed by atoms with Crippen LogP contribution in [0.15, 0.2) is 12.1 Å². The predicted molar refractivity (Wildman–Crippen MR) is 92.9 cm³/mol. The molecule has 3 unspecified atom stereocenters. The zero-order valence-corrected chi connectivity index (χ0v) is 14.0. The van der Waals surface area contributed by atoms with Crippen molar-refractivity contribution in [1.82, 2.24) is 5.32 Å². The maximum Gasteiger partial charge on any atom is 0.178 e. The highest BCUT2D eigenvalue weighted by Crippen LogP contribution is 2.35. The number of carbonyl (C=O) groups is 2. The van der Waals surface area contributed by atoms with Gasteiger partial charge in [0.1, 0.15) is 11.7 Å². The van der Waals surface area contributed by atoms with Gasteiger partial charge in [-0.15, -0.1) is 0 Å². The van der Waals surface area contributed by atoms with E-state index in [-0.39, 0.29) is 17.7 Å². The number of Topliss-reactive ketones (excluding diaryl/α,β-unsaturated/α-hetero) is 2. The third-order valence-electron chi connectivity index (χ3n) is 4.94. The topological polar surface area (TPSA) is 104 Å². The van der Waals surface area contributed by atoms with E-state index in [1.807, 2.05) is 6.07 Å². The molecule has 0 bridgehead atoms. The van der Waals surface area contributed by atoms with E-state index < -0.39 is 12.0 Å². The van der Waals surface area contributed by atoms with Gasteiger partial charge >= 0.3 is 0 Å². The molecule has 130 valence electrons. The molecule has 0 spiro atoms. The first-order valence-corrected chi connectivity index (χ1v) is 8.69. The number of rotatable bonds is 5. The number of nitrogen functional groups attached to an aromatic ring is 1. The van der Waals surface area contributed by atoms with Gasteiger partial charge in [0.2, 0.25) is 0 Å². The molecule has 24 heavy (non-hydrogen) atoms. The molecular weight excluding hydrogens is 306 g/mol. The summed E-state index contributed by atoms with van der Waals surface area (Å²) in [6.07, 6.45) is 2.41. The number of hydrogen-bond donors (Lipinski definition) is 4. The number of ketones is 2. The summed E-state index contributed by atoms with van der Waals surface area (Å²) in [5.41, 5.74) is 8.86. The van der Waals surface area contributed by atoms with Crippen molar-refractivity contribution in [3.8, 4) is 0 Å². The van der Waals surface area contributed by atoms with Crippen LogP contribution in [0.2, 0.25) is 0 Å². The number of nitrogens with two attached hydrogens (primary N) is 1. The molecule has 1 heterocycles. The number of fused-ring (bicyclic) bond motifs is 1. The van der Waals surface area contributed by atoms with Gasteiger partial charge in [0, 0.05) is 35.3 Å². The summed E-state index contributed by atoms with van der Waals surface area (Å²) in [5.74, 6) is -1.50. The second kappa shape index (κ2) is 6.91. The van der Waals surface area contributed by atoms with Gasteiger partial charge < -0.3 is 16.2 Å². The van der Waals surface area contributed by atoms with Crippen LogP contribution in [0.5, 0.6) is 0 Å². The van der Waals surface area contributed by atoms with Crippen LogP contribution >= 0.6 is 0 Å². The van der Waals surface area contributed by atoms with Crippen LogP contribution < -0.4 is 16.4 Å². The third-order valence-corrected chi connectivity index (χ3v) is 4.94. The number of nitrogens with one attached hydrogen (secondary N) is 2. The molecule has 3 atom stereocenters. The van der Waals surface area contributed by atoms with Gasteiger partial charge in [-0.25, -0.2) is 0 Å². The van der Waals surface area contributed by atoms with Crippen LogP contribution in [0.25, 0.3) is 0 Å². The van der Waals surface area contributed by atoms with E-state index in [1.54, 1.807) is 6.07 Å².